The van der Waals surface area contributed by atoms with Gasteiger partial charge in [-0.1, -0.05) is 0 Å². The van der Waals surface area contributed by atoms with Crippen LogP contribution < -0.4 is 16.0 Å². The number of carboxylic acids is 1. The second kappa shape index (κ2) is 7.22. The number of imide groups is 1. The van der Waals surface area contributed by atoms with Crippen molar-refractivity contribution < 1.29 is 33.8 Å². The fraction of sp³-hybridized carbons (Fsp3) is 0.545. The predicted octanol–water partition coefficient (Wildman–Crippen LogP) is -1.89. The number of amides is 4. The van der Waals surface area contributed by atoms with Gasteiger partial charge < -0.3 is 20.5 Å². The Morgan fingerprint density at radius 1 is 1.43 bits per heavy atom. The molecule has 10 heteroatoms. The number of methoxy groups -OCH3 is 1. The summed E-state index contributed by atoms with van der Waals surface area (Å²) in [6.45, 7) is 0. The second-order valence-corrected chi connectivity index (χ2v) is 4.29. The Labute approximate surface area is 119 Å². The van der Waals surface area contributed by atoms with E-state index in [2.05, 4.69) is 10.1 Å². The smallest absolute Gasteiger partial charge is 0.326 e. The third kappa shape index (κ3) is 5.09. The summed E-state index contributed by atoms with van der Waals surface area (Å²) in [5, 5.41) is 15.2. The van der Waals surface area contributed by atoms with Gasteiger partial charge in [0.05, 0.1) is 13.5 Å². The van der Waals surface area contributed by atoms with Gasteiger partial charge in [-0.05, 0) is 6.42 Å². The van der Waals surface area contributed by atoms with E-state index >= 15 is 0 Å². The van der Waals surface area contributed by atoms with Gasteiger partial charge in [0.2, 0.25) is 11.8 Å². The van der Waals surface area contributed by atoms with Crippen molar-refractivity contribution in [3.8, 4) is 0 Å². The molecule has 21 heavy (non-hydrogen) atoms. The maximum Gasteiger partial charge on any atom is 0.326 e. The number of esters is 1. The van der Waals surface area contributed by atoms with E-state index in [1.807, 2.05) is 10.6 Å². The molecular weight excluding hydrogens is 286 g/mol. The normalized spacial score (nSPS) is 19.2. The number of hydrogen-bond acceptors (Lipinski definition) is 6. The number of carbonyl (C=O) groups is 5. The number of carbonyl (C=O) groups excluding carboxylic acids is 4. The van der Waals surface area contributed by atoms with E-state index in [0.717, 1.165) is 7.11 Å². The molecule has 1 heterocycles. The largest absolute Gasteiger partial charge is 0.480 e. The van der Waals surface area contributed by atoms with Crippen LogP contribution in [-0.2, 0) is 23.9 Å². The van der Waals surface area contributed by atoms with Crippen LogP contribution in [0.3, 0.4) is 0 Å². The SMILES string of the molecule is COC(=O)C[C@H](NC(=O)NC1CCC(=O)NC1=O)C(=O)O. The lowest BCUT2D eigenvalue weighted by molar-refractivity contribution is -0.147. The molecule has 1 aliphatic heterocycles. The number of urea groups is 1. The molecule has 0 saturated carbocycles. The van der Waals surface area contributed by atoms with Crippen molar-refractivity contribution in [1.82, 2.24) is 16.0 Å². The Hall–Kier alpha value is -2.65. The number of nitrogens with one attached hydrogen (secondary N) is 3. The summed E-state index contributed by atoms with van der Waals surface area (Å²) in [7, 11) is 1.09. The molecule has 0 aromatic heterocycles. The van der Waals surface area contributed by atoms with Gasteiger partial charge in [-0.3, -0.25) is 19.7 Å². The third-order valence-electron chi connectivity index (χ3n) is 2.75. The number of rotatable bonds is 5. The lowest BCUT2D eigenvalue weighted by Gasteiger charge is -2.23. The van der Waals surface area contributed by atoms with Crippen LogP contribution in [0.5, 0.6) is 0 Å². The third-order valence-corrected chi connectivity index (χ3v) is 2.75. The average Bonchev–Trinajstić information content (AvgIpc) is 2.40. The van der Waals surface area contributed by atoms with Crippen molar-refractivity contribution in [2.75, 3.05) is 7.11 Å². The van der Waals surface area contributed by atoms with E-state index in [9.17, 15) is 24.0 Å². The van der Waals surface area contributed by atoms with E-state index in [1.165, 1.54) is 0 Å². The van der Waals surface area contributed by atoms with E-state index in [0.29, 0.717) is 0 Å². The Bertz CT molecular complexity index is 476. The van der Waals surface area contributed by atoms with Crippen LogP contribution in [0.25, 0.3) is 0 Å². The molecule has 4 amide bonds. The maximum absolute atomic E-state index is 11.6. The molecule has 2 atom stereocenters. The number of piperidine rings is 1. The highest BCUT2D eigenvalue weighted by molar-refractivity contribution is 6.01. The van der Waals surface area contributed by atoms with Gasteiger partial charge in [0.15, 0.2) is 0 Å². The van der Waals surface area contributed by atoms with Crippen LogP contribution in [0.4, 0.5) is 4.79 Å². The van der Waals surface area contributed by atoms with Crippen LogP contribution >= 0.6 is 0 Å². The molecule has 0 bridgehead atoms. The van der Waals surface area contributed by atoms with E-state index < -0.39 is 48.3 Å². The van der Waals surface area contributed by atoms with Crippen molar-refractivity contribution in [2.24, 2.45) is 0 Å². The first kappa shape index (κ1) is 16.4. The molecule has 0 aliphatic carbocycles. The Balaban J connectivity index is 2.54. The lowest BCUT2D eigenvalue weighted by Crippen LogP contribution is -2.56. The summed E-state index contributed by atoms with van der Waals surface area (Å²) in [5.74, 6) is -3.32. The molecule has 0 radical (unpaired) electrons. The van der Waals surface area contributed by atoms with Crippen LogP contribution in [0.15, 0.2) is 0 Å². The summed E-state index contributed by atoms with van der Waals surface area (Å²) in [5.41, 5.74) is 0. The molecule has 1 fully saturated rings. The summed E-state index contributed by atoms with van der Waals surface area (Å²) >= 11 is 0. The molecule has 4 N–H and O–H groups in total. The maximum atomic E-state index is 11.6. The molecular formula is C11H15N3O7. The van der Waals surface area contributed by atoms with Crippen molar-refractivity contribution >= 4 is 29.8 Å². The molecule has 10 nitrogen and oxygen atoms in total. The minimum atomic E-state index is -1.48. The molecule has 1 aliphatic rings. The second-order valence-electron chi connectivity index (χ2n) is 4.29. The zero-order valence-electron chi connectivity index (χ0n) is 11.2. The van der Waals surface area contributed by atoms with Gasteiger partial charge in [0.1, 0.15) is 12.1 Å². The van der Waals surface area contributed by atoms with Crippen molar-refractivity contribution in [2.45, 2.75) is 31.3 Å². The van der Waals surface area contributed by atoms with Gasteiger partial charge in [0.25, 0.3) is 0 Å². The quantitative estimate of drug-likeness (QED) is 0.342. The minimum Gasteiger partial charge on any atom is -0.480 e. The molecule has 1 rings (SSSR count). The molecule has 1 unspecified atom stereocenters. The summed E-state index contributed by atoms with van der Waals surface area (Å²) in [4.78, 5) is 55.9. The zero-order chi connectivity index (χ0) is 16.0. The highest BCUT2D eigenvalue weighted by Gasteiger charge is 2.30. The summed E-state index contributed by atoms with van der Waals surface area (Å²) in [6, 6.07) is -3.35. The van der Waals surface area contributed by atoms with Gasteiger partial charge >= 0.3 is 18.0 Å². The van der Waals surface area contributed by atoms with Gasteiger partial charge in [-0.25, -0.2) is 9.59 Å². The van der Waals surface area contributed by atoms with Crippen LogP contribution in [-0.4, -0.2) is 54.1 Å². The number of aliphatic carboxylic acids is 1. The topological polar surface area (TPSA) is 151 Å². The van der Waals surface area contributed by atoms with E-state index in [-0.39, 0.29) is 12.8 Å². The van der Waals surface area contributed by atoms with Gasteiger partial charge in [-0.2, -0.15) is 0 Å². The number of ether oxygens (including phenoxy) is 1. The Kier molecular flexibility index (Phi) is 5.64. The first-order valence-electron chi connectivity index (χ1n) is 6.03. The predicted molar refractivity (Wildman–Crippen MR) is 65.9 cm³/mol. The fourth-order valence-corrected chi connectivity index (χ4v) is 1.64. The number of hydrogen-bond donors (Lipinski definition) is 4. The molecule has 1 saturated heterocycles. The van der Waals surface area contributed by atoms with Crippen LogP contribution in [0, 0.1) is 0 Å². The Morgan fingerprint density at radius 3 is 2.62 bits per heavy atom. The highest BCUT2D eigenvalue weighted by Crippen LogP contribution is 2.04. The summed E-state index contributed by atoms with van der Waals surface area (Å²) < 4.78 is 4.32. The monoisotopic (exact) mass is 301 g/mol. The van der Waals surface area contributed by atoms with Gasteiger partial charge in [-0.15, -0.1) is 0 Å². The Morgan fingerprint density at radius 2 is 2.10 bits per heavy atom. The molecule has 0 spiro atoms. The first-order valence-corrected chi connectivity index (χ1v) is 6.03. The zero-order valence-corrected chi connectivity index (χ0v) is 11.2. The minimum absolute atomic E-state index is 0.0706. The van der Waals surface area contributed by atoms with Crippen LogP contribution in [0.1, 0.15) is 19.3 Å². The van der Waals surface area contributed by atoms with Gasteiger partial charge in [0, 0.05) is 6.42 Å². The van der Waals surface area contributed by atoms with E-state index in [4.69, 9.17) is 5.11 Å². The molecule has 0 aromatic carbocycles. The fourth-order valence-electron chi connectivity index (χ4n) is 1.64. The van der Waals surface area contributed by atoms with Crippen molar-refractivity contribution in [1.29, 1.82) is 0 Å². The highest BCUT2D eigenvalue weighted by atomic mass is 16.5. The first-order chi connectivity index (χ1) is 9.83. The molecule has 116 valence electrons. The lowest BCUT2D eigenvalue weighted by atomic mass is 10.1. The van der Waals surface area contributed by atoms with E-state index in [1.54, 1.807) is 0 Å². The van der Waals surface area contributed by atoms with Crippen LogP contribution in [0.2, 0.25) is 0 Å². The van der Waals surface area contributed by atoms with Crippen molar-refractivity contribution in [3.63, 3.8) is 0 Å². The summed E-state index contributed by atoms with van der Waals surface area (Å²) in [6.07, 6.45) is -0.358. The standard InChI is InChI=1S/C11H15N3O7/c1-21-8(16)4-6(10(18)19)13-11(20)12-5-2-3-7(15)14-9(5)17/h5-6H,2-4H2,1H3,(H,18,19)(H2,12,13,20)(H,14,15,17)/t5?,6-/m0/s1. The number of carboxylic acid groups (broad SMARTS) is 1. The molecule has 0 aromatic rings. The van der Waals surface area contributed by atoms with Crippen molar-refractivity contribution in [3.05, 3.63) is 0 Å². The average molecular weight is 301 g/mol.